The average Bonchev–Trinajstić information content (AvgIpc) is 3.86. The Balaban J connectivity index is 1.23. The summed E-state index contributed by atoms with van der Waals surface area (Å²) >= 11 is 1.85. The number of anilines is 3. The number of hydrogen-bond donors (Lipinski definition) is 0. The summed E-state index contributed by atoms with van der Waals surface area (Å²) in [5, 5.41) is 7.33. The molecular formula is C46H29N5S. The molecule has 5 nitrogen and oxygen atoms in total. The van der Waals surface area contributed by atoms with Crippen LogP contribution in [0.2, 0.25) is 0 Å². The molecule has 0 saturated heterocycles. The highest BCUT2D eigenvalue weighted by atomic mass is 32.1. The highest BCUT2D eigenvalue weighted by Crippen LogP contribution is 2.47. The lowest BCUT2D eigenvalue weighted by Crippen LogP contribution is -2.10. The van der Waals surface area contributed by atoms with E-state index in [1.165, 1.54) is 41.7 Å². The van der Waals surface area contributed by atoms with Gasteiger partial charge in [0.25, 0.3) is 0 Å². The maximum atomic E-state index is 4.81. The maximum Gasteiger partial charge on any atom is 0.137 e. The van der Waals surface area contributed by atoms with E-state index in [2.05, 4.69) is 166 Å². The van der Waals surface area contributed by atoms with Gasteiger partial charge in [0.2, 0.25) is 0 Å². The molecule has 11 aromatic rings. The van der Waals surface area contributed by atoms with Gasteiger partial charge in [-0.25, -0.2) is 9.97 Å². The van der Waals surface area contributed by atoms with Gasteiger partial charge < -0.3 is 4.90 Å². The van der Waals surface area contributed by atoms with Crippen molar-refractivity contribution in [1.82, 2.24) is 19.1 Å². The predicted octanol–water partition coefficient (Wildman–Crippen LogP) is 12.5. The van der Waals surface area contributed by atoms with Crippen LogP contribution in [0.5, 0.6) is 0 Å². The van der Waals surface area contributed by atoms with Crippen LogP contribution < -0.4 is 4.90 Å². The zero-order chi connectivity index (χ0) is 34.2. The fourth-order valence-corrected chi connectivity index (χ4v) is 9.20. The van der Waals surface area contributed by atoms with Crippen LogP contribution in [0.25, 0.3) is 75.4 Å². The van der Waals surface area contributed by atoms with Gasteiger partial charge in [-0.15, -0.1) is 11.3 Å². The van der Waals surface area contributed by atoms with Gasteiger partial charge >= 0.3 is 0 Å². The molecule has 0 amide bonds. The molecule has 0 spiro atoms. The third-order valence-corrected chi connectivity index (χ3v) is 11.4. The van der Waals surface area contributed by atoms with Crippen molar-refractivity contribution in [1.29, 1.82) is 0 Å². The average molecular weight is 684 g/mol. The molecule has 0 unspecified atom stereocenters. The second kappa shape index (κ2) is 11.4. The van der Waals surface area contributed by atoms with Gasteiger partial charge in [0.1, 0.15) is 11.6 Å². The van der Waals surface area contributed by atoms with Gasteiger partial charge in [-0.1, -0.05) is 91.0 Å². The summed E-state index contributed by atoms with van der Waals surface area (Å²) in [6, 6.07) is 58.6. The first-order valence-electron chi connectivity index (χ1n) is 17.4. The van der Waals surface area contributed by atoms with Crippen molar-refractivity contribution < 1.29 is 0 Å². The zero-order valence-electron chi connectivity index (χ0n) is 27.9. The zero-order valence-corrected chi connectivity index (χ0v) is 28.7. The number of thiophene rings is 1. The molecule has 52 heavy (non-hydrogen) atoms. The Morgan fingerprint density at radius 2 is 0.904 bits per heavy atom. The lowest BCUT2D eigenvalue weighted by molar-refractivity contribution is 1.08. The van der Waals surface area contributed by atoms with Crippen LogP contribution in [0.1, 0.15) is 0 Å². The molecule has 5 aromatic heterocycles. The summed E-state index contributed by atoms with van der Waals surface area (Å²) in [7, 11) is 0. The first kappa shape index (κ1) is 29.0. The van der Waals surface area contributed by atoms with E-state index in [9.17, 15) is 0 Å². The summed E-state index contributed by atoms with van der Waals surface area (Å²) in [6.07, 6.45) is 3.73. The molecule has 0 aliphatic heterocycles. The second-order valence-corrected chi connectivity index (χ2v) is 14.1. The lowest BCUT2D eigenvalue weighted by Gasteiger charge is -2.26. The highest BCUT2D eigenvalue weighted by Gasteiger charge is 2.22. The van der Waals surface area contributed by atoms with Gasteiger partial charge in [0.15, 0.2) is 0 Å². The highest BCUT2D eigenvalue weighted by molar-refractivity contribution is 7.26. The number of benzene rings is 6. The molecule has 11 rings (SSSR count). The number of nitrogens with zero attached hydrogens (tertiary/aromatic N) is 5. The third-order valence-electron chi connectivity index (χ3n) is 10.2. The van der Waals surface area contributed by atoms with Crippen molar-refractivity contribution in [2.24, 2.45) is 0 Å². The summed E-state index contributed by atoms with van der Waals surface area (Å²) in [4.78, 5) is 12.1. The number of hydrogen-bond acceptors (Lipinski definition) is 4. The van der Waals surface area contributed by atoms with Crippen LogP contribution >= 0.6 is 11.3 Å². The summed E-state index contributed by atoms with van der Waals surface area (Å²) in [6.45, 7) is 0. The topological polar surface area (TPSA) is 38.9 Å². The van der Waals surface area contributed by atoms with Gasteiger partial charge in [0, 0.05) is 60.8 Å². The SMILES string of the molecule is c1ccc(-n2c3ccccc3c3ccc(N(c4ccc5c6ccccc6n(-c6ccccn6)c5c4)c4cccc5c4sc4ccccc45)cc32)nc1. The lowest BCUT2D eigenvalue weighted by atomic mass is 10.1. The van der Waals surface area contributed by atoms with Gasteiger partial charge in [-0.05, 0) is 72.8 Å². The molecular weight excluding hydrogens is 655 g/mol. The second-order valence-electron chi connectivity index (χ2n) is 13.1. The Morgan fingerprint density at radius 3 is 1.48 bits per heavy atom. The fraction of sp³-hybridized carbons (Fsp3) is 0. The van der Waals surface area contributed by atoms with E-state index in [1.54, 1.807) is 0 Å². The molecule has 0 fully saturated rings. The van der Waals surface area contributed by atoms with E-state index in [1.807, 2.05) is 35.9 Å². The maximum absolute atomic E-state index is 4.81. The number of aromatic nitrogens is 4. The van der Waals surface area contributed by atoms with E-state index in [0.29, 0.717) is 0 Å². The van der Waals surface area contributed by atoms with E-state index in [0.717, 1.165) is 50.8 Å². The smallest absolute Gasteiger partial charge is 0.137 e. The Kier molecular flexibility index (Phi) is 6.35. The minimum Gasteiger partial charge on any atom is -0.309 e. The van der Waals surface area contributed by atoms with Crippen molar-refractivity contribution in [3.8, 4) is 11.6 Å². The van der Waals surface area contributed by atoms with Crippen LogP contribution in [0.15, 0.2) is 176 Å². The van der Waals surface area contributed by atoms with Crippen molar-refractivity contribution in [3.05, 3.63) is 176 Å². The predicted molar refractivity (Wildman–Crippen MR) is 218 cm³/mol. The Hall–Kier alpha value is -6.76. The minimum absolute atomic E-state index is 0.894. The molecule has 5 heterocycles. The standard InChI is InChI=1S/C46H29N5S/c1-4-16-38-32(12-1)34-24-22-30(28-41(34)50(38)44-20-7-9-26-47-44)49(40-18-11-15-37-36-14-3-6-19-43(36)52-46(37)40)31-23-25-35-33-13-2-5-17-39(33)51(42(35)29-31)45-21-8-10-27-48-45/h1-29H. The van der Waals surface area contributed by atoms with Crippen LogP contribution in [-0.2, 0) is 0 Å². The summed E-state index contributed by atoms with van der Waals surface area (Å²) in [5.41, 5.74) is 7.75. The van der Waals surface area contributed by atoms with E-state index in [4.69, 9.17) is 9.97 Å². The Morgan fingerprint density at radius 1 is 0.404 bits per heavy atom. The number of pyridine rings is 2. The first-order valence-corrected chi connectivity index (χ1v) is 18.2. The van der Waals surface area contributed by atoms with Crippen molar-refractivity contribution in [3.63, 3.8) is 0 Å². The monoisotopic (exact) mass is 683 g/mol. The van der Waals surface area contributed by atoms with Crippen LogP contribution in [0.3, 0.4) is 0 Å². The molecule has 0 N–H and O–H groups in total. The van der Waals surface area contributed by atoms with Crippen molar-refractivity contribution in [2.45, 2.75) is 0 Å². The van der Waals surface area contributed by atoms with E-state index < -0.39 is 0 Å². The normalized spacial score (nSPS) is 11.8. The molecule has 0 bridgehead atoms. The molecule has 6 heteroatoms. The van der Waals surface area contributed by atoms with Crippen LogP contribution in [0, 0.1) is 0 Å². The summed E-state index contributed by atoms with van der Waals surface area (Å²) < 4.78 is 7.10. The van der Waals surface area contributed by atoms with Crippen LogP contribution in [0.4, 0.5) is 17.1 Å². The quantitative estimate of drug-likeness (QED) is 0.181. The van der Waals surface area contributed by atoms with Crippen molar-refractivity contribution >= 4 is 92.2 Å². The molecule has 0 aliphatic rings. The number of fused-ring (bicyclic) bond motifs is 9. The van der Waals surface area contributed by atoms with Gasteiger partial charge in [-0.2, -0.15) is 0 Å². The van der Waals surface area contributed by atoms with Crippen LogP contribution in [-0.4, -0.2) is 19.1 Å². The van der Waals surface area contributed by atoms with E-state index >= 15 is 0 Å². The fourth-order valence-electron chi connectivity index (χ4n) is 8.00. The van der Waals surface area contributed by atoms with Crippen molar-refractivity contribution in [2.75, 3.05) is 4.90 Å². The molecule has 244 valence electrons. The molecule has 0 aliphatic carbocycles. The Labute approximate surface area is 302 Å². The molecule has 6 aromatic carbocycles. The molecule has 0 saturated carbocycles. The number of para-hydroxylation sites is 2. The molecule has 0 radical (unpaired) electrons. The largest absolute Gasteiger partial charge is 0.309 e. The summed E-state index contributed by atoms with van der Waals surface area (Å²) in [5.74, 6) is 1.79. The van der Waals surface area contributed by atoms with E-state index in [-0.39, 0.29) is 0 Å². The molecule has 0 atom stereocenters. The number of rotatable bonds is 5. The van der Waals surface area contributed by atoms with Gasteiger partial charge in [-0.3, -0.25) is 9.13 Å². The van der Waals surface area contributed by atoms with Gasteiger partial charge in [0.05, 0.1) is 32.5 Å². The Bertz CT molecular complexity index is 2980. The first-order chi connectivity index (χ1) is 25.8. The minimum atomic E-state index is 0.894. The third kappa shape index (κ3) is 4.28.